The minimum absolute atomic E-state index is 0.715. The van der Waals surface area contributed by atoms with Gasteiger partial charge in [-0.3, -0.25) is 9.11 Å². The molecule has 0 fully saturated rings. The molecule has 0 heterocycles. The van der Waals surface area contributed by atoms with Crippen LogP contribution in [0.5, 0.6) is 5.75 Å². The van der Waals surface area contributed by atoms with Crippen molar-refractivity contribution >= 4 is 22.0 Å². The first kappa shape index (κ1) is 26.3. The first-order chi connectivity index (χ1) is 15.8. The fourth-order valence-corrected chi connectivity index (χ4v) is 3.23. The van der Waals surface area contributed by atoms with Crippen LogP contribution in [0.2, 0.25) is 0 Å². The molecule has 0 aliphatic rings. The maximum Gasteiger partial charge on any atom is 0.394 e. The lowest BCUT2D eigenvalue weighted by molar-refractivity contribution is 0.223. The Hall–Kier alpha value is -2.97. The first-order valence-corrected chi connectivity index (χ1v) is 12.2. The standard InChI is InChI=1S/C26H29NO.H2O4S/c1-3-27(4-2)19-20-28-25-17-15-24(16-18-25)26(23-13-9-6-10-14-23)21-22-11-7-5-8-12-22;1-5(2,3)4/h5-18,21H,3-4,19-20H2,1-2H3;(H2,1,2,3,4). The van der Waals surface area contributed by atoms with E-state index >= 15 is 0 Å². The van der Waals surface area contributed by atoms with E-state index in [1.54, 1.807) is 0 Å². The van der Waals surface area contributed by atoms with Gasteiger partial charge in [-0.1, -0.05) is 86.6 Å². The molecule has 3 aromatic carbocycles. The van der Waals surface area contributed by atoms with Crippen LogP contribution >= 0.6 is 0 Å². The smallest absolute Gasteiger partial charge is 0.394 e. The van der Waals surface area contributed by atoms with Crippen LogP contribution in [0.4, 0.5) is 0 Å². The van der Waals surface area contributed by atoms with E-state index in [1.165, 1.54) is 22.3 Å². The summed E-state index contributed by atoms with van der Waals surface area (Å²) in [5, 5.41) is 0. The summed E-state index contributed by atoms with van der Waals surface area (Å²) in [6.45, 7) is 8.16. The van der Waals surface area contributed by atoms with Crippen molar-refractivity contribution in [2.24, 2.45) is 0 Å². The molecule has 3 rings (SSSR count). The molecule has 0 amide bonds. The fourth-order valence-electron chi connectivity index (χ4n) is 3.23. The Bertz CT molecular complexity index is 1070. The molecule has 176 valence electrons. The Labute approximate surface area is 196 Å². The fraction of sp³-hybridized carbons (Fsp3) is 0.231. The molecule has 0 aromatic heterocycles. The van der Waals surface area contributed by atoms with Gasteiger partial charge >= 0.3 is 10.4 Å². The average molecular weight is 470 g/mol. The molecule has 0 atom stereocenters. The minimum Gasteiger partial charge on any atom is -0.492 e. The summed E-state index contributed by atoms with van der Waals surface area (Å²) in [6.07, 6.45) is 2.24. The largest absolute Gasteiger partial charge is 0.492 e. The van der Waals surface area contributed by atoms with Gasteiger partial charge in [0, 0.05) is 6.54 Å². The third kappa shape index (κ3) is 10.5. The van der Waals surface area contributed by atoms with Gasteiger partial charge in [-0.2, -0.15) is 8.42 Å². The van der Waals surface area contributed by atoms with Gasteiger partial charge in [0.1, 0.15) is 12.4 Å². The van der Waals surface area contributed by atoms with Gasteiger partial charge in [0.25, 0.3) is 0 Å². The van der Waals surface area contributed by atoms with E-state index in [4.69, 9.17) is 22.3 Å². The summed E-state index contributed by atoms with van der Waals surface area (Å²) in [5.74, 6) is 0.919. The zero-order valence-electron chi connectivity index (χ0n) is 19.0. The van der Waals surface area contributed by atoms with Crippen LogP contribution in [0.1, 0.15) is 30.5 Å². The van der Waals surface area contributed by atoms with E-state index in [2.05, 4.69) is 104 Å². The SMILES string of the molecule is CCN(CC)CCOc1ccc(C(=Cc2ccccc2)c2ccccc2)cc1.O=S(=O)(O)O. The number of benzene rings is 3. The summed E-state index contributed by atoms with van der Waals surface area (Å²) >= 11 is 0. The number of hydrogen-bond donors (Lipinski definition) is 2. The summed E-state index contributed by atoms with van der Waals surface area (Å²) in [4.78, 5) is 2.37. The minimum atomic E-state index is -4.67. The second kappa shape index (κ2) is 13.5. The highest BCUT2D eigenvalue weighted by Crippen LogP contribution is 2.27. The third-order valence-corrected chi connectivity index (χ3v) is 4.93. The number of likely N-dealkylation sites (N-methyl/N-ethyl adjacent to an activating group) is 1. The van der Waals surface area contributed by atoms with Crippen molar-refractivity contribution in [3.05, 3.63) is 102 Å². The zero-order chi connectivity index (χ0) is 24.1. The number of ether oxygens (including phenoxy) is 1. The number of rotatable bonds is 9. The highest BCUT2D eigenvalue weighted by Gasteiger charge is 2.06. The van der Waals surface area contributed by atoms with Crippen molar-refractivity contribution in [2.45, 2.75) is 13.8 Å². The van der Waals surface area contributed by atoms with Gasteiger partial charge in [0.05, 0.1) is 0 Å². The zero-order valence-corrected chi connectivity index (χ0v) is 19.8. The van der Waals surface area contributed by atoms with Crippen LogP contribution < -0.4 is 4.74 Å². The number of hydrogen-bond acceptors (Lipinski definition) is 4. The van der Waals surface area contributed by atoms with Crippen LogP contribution in [-0.4, -0.2) is 48.7 Å². The lowest BCUT2D eigenvalue weighted by Crippen LogP contribution is -2.27. The monoisotopic (exact) mass is 469 g/mol. The number of nitrogens with zero attached hydrogens (tertiary/aromatic N) is 1. The molecule has 0 aliphatic heterocycles. The third-order valence-electron chi connectivity index (χ3n) is 4.93. The molecule has 0 saturated heterocycles. The summed E-state index contributed by atoms with van der Waals surface area (Å²) in [6, 6.07) is 29.4. The van der Waals surface area contributed by atoms with E-state index in [1.807, 2.05) is 6.07 Å². The molecule has 2 N–H and O–H groups in total. The molecule has 6 nitrogen and oxygen atoms in total. The highest BCUT2D eigenvalue weighted by molar-refractivity contribution is 7.79. The van der Waals surface area contributed by atoms with Crippen molar-refractivity contribution in [1.29, 1.82) is 0 Å². The van der Waals surface area contributed by atoms with Gasteiger partial charge < -0.3 is 9.64 Å². The van der Waals surface area contributed by atoms with Gasteiger partial charge in [-0.25, -0.2) is 0 Å². The Morgan fingerprint density at radius 1 is 0.818 bits per heavy atom. The molecule has 0 unspecified atom stereocenters. The van der Waals surface area contributed by atoms with E-state index < -0.39 is 10.4 Å². The molecule has 0 saturated carbocycles. The Balaban J connectivity index is 0.000000696. The Kier molecular flexibility index (Phi) is 10.8. The van der Waals surface area contributed by atoms with Crippen molar-refractivity contribution < 1.29 is 22.3 Å². The average Bonchev–Trinajstić information content (AvgIpc) is 2.81. The highest BCUT2D eigenvalue weighted by atomic mass is 32.3. The quantitative estimate of drug-likeness (QED) is 0.325. The maximum absolute atomic E-state index is 8.74. The van der Waals surface area contributed by atoms with E-state index in [9.17, 15) is 0 Å². The normalized spacial score (nSPS) is 11.6. The van der Waals surface area contributed by atoms with E-state index in [0.717, 1.165) is 25.4 Å². The second-order valence-electron chi connectivity index (χ2n) is 7.18. The molecular weight excluding hydrogens is 438 g/mol. The summed E-state index contributed by atoms with van der Waals surface area (Å²) in [7, 11) is -4.67. The van der Waals surface area contributed by atoms with Crippen molar-refractivity contribution in [1.82, 2.24) is 4.90 Å². The summed E-state index contributed by atoms with van der Waals surface area (Å²) in [5.41, 5.74) is 4.80. The summed E-state index contributed by atoms with van der Waals surface area (Å²) < 4.78 is 37.5. The van der Waals surface area contributed by atoms with Crippen LogP contribution in [0.3, 0.4) is 0 Å². The van der Waals surface area contributed by atoms with Crippen LogP contribution in [-0.2, 0) is 10.4 Å². The Morgan fingerprint density at radius 2 is 1.30 bits per heavy atom. The van der Waals surface area contributed by atoms with Crippen molar-refractivity contribution in [2.75, 3.05) is 26.2 Å². The lowest BCUT2D eigenvalue weighted by Gasteiger charge is -2.18. The molecule has 7 heteroatoms. The second-order valence-corrected chi connectivity index (χ2v) is 8.08. The molecule has 0 spiro atoms. The van der Waals surface area contributed by atoms with E-state index in [0.29, 0.717) is 6.61 Å². The van der Waals surface area contributed by atoms with Gasteiger partial charge in [0.2, 0.25) is 0 Å². The van der Waals surface area contributed by atoms with Crippen LogP contribution in [0.15, 0.2) is 84.9 Å². The molecule has 0 radical (unpaired) electrons. The molecular formula is C26H31NO5S. The van der Waals surface area contributed by atoms with Crippen LogP contribution in [0.25, 0.3) is 11.6 Å². The maximum atomic E-state index is 8.74. The molecule has 0 aliphatic carbocycles. The van der Waals surface area contributed by atoms with Crippen molar-refractivity contribution in [3.63, 3.8) is 0 Å². The first-order valence-electron chi connectivity index (χ1n) is 10.8. The molecule has 0 bridgehead atoms. The van der Waals surface area contributed by atoms with E-state index in [-0.39, 0.29) is 0 Å². The molecule has 33 heavy (non-hydrogen) atoms. The van der Waals surface area contributed by atoms with Gasteiger partial charge in [0.15, 0.2) is 0 Å². The van der Waals surface area contributed by atoms with Crippen molar-refractivity contribution in [3.8, 4) is 5.75 Å². The van der Waals surface area contributed by atoms with Gasteiger partial charge in [-0.05, 0) is 53.6 Å². The Morgan fingerprint density at radius 3 is 1.82 bits per heavy atom. The predicted molar refractivity (Wildman–Crippen MR) is 134 cm³/mol. The molecule has 3 aromatic rings. The van der Waals surface area contributed by atoms with Gasteiger partial charge in [-0.15, -0.1) is 0 Å². The topological polar surface area (TPSA) is 87.1 Å². The van der Waals surface area contributed by atoms with Crippen LogP contribution in [0, 0.1) is 0 Å². The predicted octanol–water partition coefficient (Wildman–Crippen LogP) is 5.34. The lowest BCUT2D eigenvalue weighted by atomic mass is 9.95.